The fourth-order valence-electron chi connectivity index (χ4n) is 1.67. The minimum Gasteiger partial charge on any atom is -0.385 e. The van der Waals surface area contributed by atoms with E-state index >= 15 is 0 Å². The molecule has 4 nitrogen and oxygen atoms in total. The Labute approximate surface area is 103 Å². The second-order valence-corrected chi connectivity index (χ2v) is 4.45. The molecule has 0 aromatic carbocycles. The second kappa shape index (κ2) is 8.73. The topological polar surface area (TPSA) is 42.5 Å². The summed E-state index contributed by atoms with van der Waals surface area (Å²) >= 11 is 5.18. The van der Waals surface area contributed by atoms with E-state index in [1.807, 2.05) is 0 Å². The summed E-state index contributed by atoms with van der Waals surface area (Å²) in [6.07, 6.45) is 3.26. The average Bonchev–Trinajstić information content (AvgIpc) is 2.33. The lowest BCUT2D eigenvalue weighted by Crippen LogP contribution is -2.39. The molecule has 1 aliphatic heterocycles. The van der Waals surface area contributed by atoms with Crippen molar-refractivity contribution in [2.75, 3.05) is 40.0 Å². The Morgan fingerprint density at radius 1 is 1.38 bits per heavy atom. The molecular formula is C11H22N2O2S. The number of hydrogen-bond acceptors (Lipinski definition) is 3. The predicted octanol–water partition coefficient (Wildman–Crippen LogP) is 0.914. The predicted molar refractivity (Wildman–Crippen MR) is 68.6 cm³/mol. The molecule has 1 saturated heterocycles. The summed E-state index contributed by atoms with van der Waals surface area (Å²) in [5, 5.41) is 7.17. The highest BCUT2D eigenvalue weighted by atomic mass is 32.1. The van der Waals surface area contributed by atoms with Gasteiger partial charge in [0.2, 0.25) is 0 Å². The van der Waals surface area contributed by atoms with Crippen LogP contribution in [0, 0.1) is 5.92 Å². The van der Waals surface area contributed by atoms with Crippen molar-refractivity contribution in [3.8, 4) is 0 Å². The summed E-state index contributed by atoms with van der Waals surface area (Å²) in [6.45, 7) is 4.38. The molecule has 0 aromatic heterocycles. The lowest BCUT2D eigenvalue weighted by Gasteiger charge is -2.22. The van der Waals surface area contributed by atoms with E-state index in [2.05, 4.69) is 10.6 Å². The third-order valence-corrected chi connectivity index (χ3v) is 2.99. The first-order valence-corrected chi connectivity index (χ1v) is 6.32. The van der Waals surface area contributed by atoms with Crippen LogP contribution in [0.2, 0.25) is 0 Å². The number of methoxy groups -OCH3 is 1. The van der Waals surface area contributed by atoms with Gasteiger partial charge in [-0.25, -0.2) is 0 Å². The highest BCUT2D eigenvalue weighted by Gasteiger charge is 2.13. The zero-order valence-electron chi connectivity index (χ0n) is 9.96. The van der Waals surface area contributed by atoms with E-state index in [1.165, 1.54) is 0 Å². The molecule has 5 heteroatoms. The highest BCUT2D eigenvalue weighted by molar-refractivity contribution is 7.80. The molecule has 94 valence electrons. The fourth-order valence-corrected chi connectivity index (χ4v) is 1.85. The van der Waals surface area contributed by atoms with E-state index in [0.717, 1.165) is 57.3 Å². The number of ether oxygens (including phenoxy) is 2. The van der Waals surface area contributed by atoms with Gasteiger partial charge in [-0.3, -0.25) is 0 Å². The van der Waals surface area contributed by atoms with Crippen LogP contribution in [0.25, 0.3) is 0 Å². The Morgan fingerprint density at radius 3 is 2.81 bits per heavy atom. The van der Waals surface area contributed by atoms with Gasteiger partial charge in [0.05, 0.1) is 0 Å². The third-order valence-electron chi connectivity index (χ3n) is 2.70. The van der Waals surface area contributed by atoms with Crippen molar-refractivity contribution in [3.63, 3.8) is 0 Å². The van der Waals surface area contributed by atoms with Crippen LogP contribution in [0.5, 0.6) is 0 Å². The number of nitrogens with one attached hydrogen (secondary N) is 2. The second-order valence-electron chi connectivity index (χ2n) is 4.04. The minimum absolute atomic E-state index is 0.701. The van der Waals surface area contributed by atoms with Crippen LogP contribution in [0.4, 0.5) is 0 Å². The first kappa shape index (κ1) is 13.7. The molecule has 2 N–H and O–H groups in total. The summed E-state index contributed by atoms with van der Waals surface area (Å²) in [7, 11) is 1.71. The van der Waals surface area contributed by atoms with Crippen molar-refractivity contribution in [1.82, 2.24) is 10.6 Å². The van der Waals surface area contributed by atoms with Gasteiger partial charge in [0.15, 0.2) is 5.11 Å². The molecule has 1 aliphatic rings. The standard InChI is InChI=1S/C11H22N2O2S/c1-14-6-2-5-12-11(16)13-9-10-3-7-15-8-4-10/h10H,2-9H2,1H3,(H2,12,13,16). The highest BCUT2D eigenvalue weighted by Crippen LogP contribution is 2.12. The summed E-state index contributed by atoms with van der Waals surface area (Å²) in [6, 6.07) is 0. The summed E-state index contributed by atoms with van der Waals surface area (Å²) < 4.78 is 10.3. The van der Waals surface area contributed by atoms with Crippen LogP contribution < -0.4 is 10.6 Å². The van der Waals surface area contributed by atoms with Gasteiger partial charge in [0, 0.05) is 40.0 Å². The summed E-state index contributed by atoms with van der Waals surface area (Å²) in [5.74, 6) is 0.701. The van der Waals surface area contributed by atoms with Gasteiger partial charge in [-0.15, -0.1) is 0 Å². The Morgan fingerprint density at radius 2 is 2.12 bits per heavy atom. The quantitative estimate of drug-likeness (QED) is 0.539. The summed E-state index contributed by atoms with van der Waals surface area (Å²) in [4.78, 5) is 0. The first-order chi connectivity index (χ1) is 7.83. The van der Waals surface area contributed by atoms with Crippen molar-refractivity contribution in [2.24, 2.45) is 5.92 Å². The third kappa shape index (κ3) is 6.25. The van der Waals surface area contributed by atoms with Crippen LogP contribution in [-0.4, -0.2) is 45.1 Å². The van der Waals surface area contributed by atoms with Crippen LogP contribution in [-0.2, 0) is 9.47 Å². The zero-order chi connectivity index (χ0) is 11.6. The average molecular weight is 246 g/mol. The van der Waals surface area contributed by atoms with Gasteiger partial charge in [-0.1, -0.05) is 0 Å². The van der Waals surface area contributed by atoms with Crippen molar-refractivity contribution >= 4 is 17.3 Å². The minimum atomic E-state index is 0.701. The van der Waals surface area contributed by atoms with Crippen LogP contribution in [0.15, 0.2) is 0 Å². The normalized spacial score (nSPS) is 17.1. The largest absolute Gasteiger partial charge is 0.385 e. The summed E-state index contributed by atoms with van der Waals surface area (Å²) in [5.41, 5.74) is 0. The molecule has 0 amide bonds. The number of hydrogen-bond donors (Lipinski definition) is 2. The van der Waals surface area contributed by atoms with E-state index in [9.17, 15) is 0 Å². The molecule has 1 fully saturated rings. The maximum Gasteiger partial charge on any atom is 0.166 e. The van der Waals surface area contributed by atoms with Gasteiger partial charge in [-0.2, -0.15) is 0 Å². The lowest BCUT2D eigenvalue weighted by molar-refractivity contribution is 0.0676. The molecule has 0 spiro atoms. The van der Waals surface area contributed by atoms with Crippen LogP contribution in [0.1, 0.15) is 19.3 Å². The molecule has 0 bridgehead atoms. The molecule has 0 atom stereocenters. The van der Waals surface area contributed by atoms with Gasteiger partial charge in [-0.05, 0) is 37.4 Å². The molecule has 1 rings (SSSR count). The molecule has 1 heterocycles. The number of rotatable bonds is 6. The van der Waals surface area contributed by atoms with Crippen LogP contribution in [0.3, 0.4) is 0 Å². The maximum absolute atomic E-state index is 5.31. The van der Waals surface area contributed by atoms with Gasteiger partial charge >= 0.3 is 0 Å². The van der Waals surface area contributed by atoms with Gasteiger partial charge < -0.3 is 20.1 Å². The van der Waals surface area contributed by atoms with Gasteiger partial charge in [0.1, 0.15) is 0 Å². The monoisotopic (exact) mass is 246 g/mol. The first-order valence-electron chi connectivity index (χ1n) is 5.91. The Hall–Kier alpha value is -0.390. The van der Waals surface area contributed by atoms with E-state index in [0.29, 0.717) is 5.92 Å². The molecular weight excluding hydrogens is 224 g/mol. The molecule has 0 unspecified atom stereocenters. The van der Waals surface area contributed by atoms with Crippen molar-refractivity contribution in [1.29, 1.82) is 0 Å². The van der Waals surface area contributed by atoms with E-state index < -0.39 is 0 Å². The molecule has 0 saturated carbocycles. The maximum atomic E-state index is 5.31. The van der Waals surface area contributed by atoms with Crippen molar-refractivity contribution < 1.29 is 9.47 Å². The number of thiocarbonyl (C=S) groups is 1. The van der Waals surface area contributed by atoms with E-state index in [-0.39, 0.29) is 0 Å². The Bertz CT molecular complexity index is 196. The molecule has 16 heavy (non-hydrogen) atoms. The molecule has 0 aromatic rings. The lowest BCUT2D eigenvalue weighted by atomic mass is 10.0. The van der Waals surface area contributed by atoms with Crippen molar-refractivity contribution in [2.45, 2.75) is 19.3 Å². The zero-order valence-corrected chi connectivity index (χ0v) is 10.8. The molecule has 0 aliphatic carbocycles. The van der Waals surface area contributed by atoms with E-state index in [1.54, 1.807) is 7.11 Å². The fraction of sp³-hybridized carbons (Fsp3) is 0.909. The Balaban J connectivity index is 1.96. The van der Waals surface area contributed by atoms with Gasteiger partial charge in [0.25, 0.3) is 0 Å². The van der Waals surface area contributed by atoms with E-state index in [4.69, 9.17) is 21.7 Å². The molecule has 0 radical (unpaired) electrons. The van der Waals surface area contributed by atoms with Crippen LogP contribution >= 0.6 is 12.2 Å². The Kier molecular flexibility index (Phi) is 7.46. The van der Waals surface area contributed by atoms with Crippen molar-refractivity contribution in [3.05, 3.63) is 0 Å². The smallest absolute Gasteiger partial charge is 0.166 e. The SMILES string of the molecule is COCCCNC(=S)NCC1CCOCC1.